The molecular weight excluding hydrogens is 120 g/mol. The molecule has 2 N–H and O–H groups in total. The van der Waals surface area contributed by atoms with Crippen molar-refractivity contribution in [1.82, 2.24) is 0 Å². The Labute approximate surface area is 55.3 Å². The molecular formula is C6H14O3. The van der Waals surface area contributed by atoms with Gasteiger partial charge in [0.1, 0.15) is 0 Å². The van der Waals surface area contributed by atoms with E-state index in [9.17, 15) is 0 Å². The zero-order chi connectivity index (χ0) is 7.28. The molecule has 0 spiro atoms. The van der Waals surface area contributed by atoms with E-state index in [0.29, 0.717) is 12.8 Å². The maximum atomic E-state index is 8.92. The van der Waals surface area contributed by atoms with Gasteiger partial charge in [-0.2, -0.15) is 0 Å². The molecule has 0 aliphatic heterocycles. The van der Waals surface area contributed by atoms with Gasteiger partial charge in [0.15, 0.2) is 6.29 Å². The van der Waals surface area contributed by atoms with E-state index < -0.39 is 12.4 Å². The van der Waals surface area contributed by atoms with Crippen LogP contribution in [0, 0.1) is 0 Å². The number of hydrogen-bond donors (Lipinski definition) is 2. The third kappa shape index (κ3) is 4.39. The lowest BCUT2D eigenvalue weighted by Gasteiger charge is -2.11. The fraction of sp³-hybridized carbons (Fsp3) is 1.00. The number of hydrogen-bond acceptors (Lipinski definition) is 3. The Morgan fingerprint density at radius 2 is 2.00 bits per heavy atom. The van der Waals surface area contributed by atoms with Crippen LogP contribution in [0.4, 0.5) is 0 Å². The average molecular weight is 134 g/mol. The molecule has 0 aromatic heterocycles. The molecule has 0 saturated heterocycles. The van der Waals surface area contributed by atoms with Crippen LogP contribution >= 0.6 is 0 Å². The number of ether oxygens (including phenoxy) is 1. The van der Waals surface area contributed by atoms with Gasteiger partial charge in [0, 0.05) is 13.5 Å². The smallest absolute Gasteiger partial charge is 0.156 e. The summed E-state index contributed by atoms with van der Waals surface area (Å²) < 4.78 is 4.52. The second-order valence-electron chi connectivity index (χ2n) is 1.99. The van der Waals surface area contributed by atoms with Crippen LogP contribution in [0.3, 0.4) is 0 Å². The van der Waals surface area contributed by atoms with E-state index in [1.165, 1.54) is 7.11 Å². The molecule has 0 aromatic rings. The summed E-state index contributed by atoms with van der Waals surface area (Å²) in [7, 11) is 1.41. The van der Waals surface area contributed by atoms with Crippen LogP contribution in [0.15, 0.2) is 0 Å². The van der Waals surface area contributed by atoms with E-state index in [2.05, 4.69) is 4.74 Å². The zero-order valence-electron chi connectivity index (χ0n) is 5.87. The number of aliphatic hydroxyl groups excluding tert-OH is 2. The predicted octanol–water partition coefficient (Wildman–Crippen LogP) is 0.112. The van der Waals surface area contributed by atoms with Crippen molar-refractivity contribution >= 4 is 0 Å². The molecule has 2 unspecified atom stereocenters. The quantitative estimate of drug-likeness (QED) is 0.536. The first kappa shape index (κ1) is 8.88. The molecule has 0 saturated carbocycles. The summed E-state index contributed by atoms with van der Waals surface area (Å²) in [6, 6.07) is 0. The Balaban J connectivity index is 3.22. The molecule has 9 heavy (non-hydrogen) atoms. The van der Waals surface area contributed by atoms with E-state index in [-0.39, 0.29) is 0 Å². The highest BCUT2D eigenvalue weighted by Gasteiger charge is 2.07. The molecule has 0 fully saturated rings. The van der Waals surface area contributed by atoms with E-state index in [1.54, 1.807) is 0 Å². The van der Waals surface area contributed by atoms with Crippen LogP contribution in [-0.4, -0.2) is 29.7 Å². The summed E-state index contributed by atoms with van der Waals surface area (Å²) in [6.45, 7) is 1.85. The second-order valence-corrected chi connectivity index (χ2v) is 1.99. The SMILES string of the molecule is CCC(O)CC(O)OC. The van der Waals surface area contributed by atoms with Gasteiger partial charge >= 0.3 is 0 Å². The van der Waals surface area contributed by atoms with Crippen LogP contribution in [0.2, 0.25) is 0 Å². The van der Waals surface area contributed by atoms with Gasteiger partial charge in [-0.25, -0.2) is 0 Å². The van der Waals surface area contributed by atoms with Crippen LogP contribution in [0.25, 0.3) is 0 Å². The molecule has 3 heteroatoms. The summed E-state index contributed by atoms with van der Waals surface area (Å²) in [4.78, 5) is 0. The van der Waals surface area contributed by atoms with E-state index >= 15 is 0 Å². The maximum Gasteiger partial charge on any atom is 0.156 e. The van der Waals surface area contributed by atoms with Gasteiger partial charge in [-0.05, 0) is 6.42 Å². The maximum absolute atomic E-state index is 8.92. The second kappa shape index (κ2) is 4.73. The Kier molecular flexibility index (Phi) is 4.67. The number of methoxy groups -OCH3 is 1. The molecule has 0 aromatic carbocycles. The van der Waals surface area contributed by atoms with Crippen LogP contribution in [-0.2, 0) is 4.74 Å². The van der Waals surface area contributed by atoms with Crippen molar-refractivity contribution in [2.75, 3.05) is 7.11 Å². The Hall–Kier alpha value is -0.120. The molecule has 0 aliphatic carbocycles. The molecule has 0 bridgehead atoms. The van der Waals surface area contributed by atoms with Crippen molar-refractivity contribution in [3.05, 3.63) is 0 Å². The van der Waals surface area contributed by atoms with E-state index in [1.807, 2.05) is 6.92 Å². The van der Waals surface area contributed by atoms with Crippen molar-refractivity contribution in [3.63, 3.8) is 0 Å². The highest BCUT2D eigenvalue weighted by molar-refractivity contribution is 4.52. The third-order valence-electron chi connectivity index (χ3n) is 1.22. The zero-order valence-corrected chi connectivity index (χ0v) is 5.87. The average Bonchev–Trinajstić information content (AvgIpc) is 1.87. The number of aliphatic hydroxyl groups is 2. The van der Waals surface area contributed by atoms with Gasteiger partial charge in [0.2, 0.25) is 0 Å². The molecule has 0 heterocycles. The lowest BCUT2D eigenvalue weighted by Crippen LogP contribution is -2.18. The molecule has 56 valence electrons. The fourth-order valence-electron chi connectivity index (χ4n) is 0.496. The highest BCUT2D eigenvalue weighted by Crippen LogP contribution is 2.01. The van der Waals surface area contributed by atoms with Crippen molar-refractivity contribution in [1.29, 1.82) is 0 Å². The summed E-state index contributed by atoms with van der Waals surface area (Å²) in [6.07, 6.45) is -0.312. The topological polar surface area (TPSA) is 49.7 Å². The van der Waals surface area contributed by atoms with Crippen LogP contribution in [0.1, 0.15) is 19.8 Å². The molecule has 3 nitrogen and oxygen atoms in total. The van der Waals surface area contributed by atoms with Crippen molar-refractivity contribution in [3.8, 4) is 0 Å². The molecule has 0 rings (SSSR count). The van der Waals surface area contributed by atoms with Crippen molar-refractivity contribution in [2.45, 2.75) is 32.2 Å². The van der Waals surface area contributed by atoms with E-state index in [0.717, 1.165) is 0 Å². The molecule has 0 radical (unpaired) electrons. The van der Waals surface area contributed by atoms with E-state index in [4.69, 9.17) is 10.2 Å². The largest absolute Gasteiger partial charge is 0.393 e. The van der Waals surface area contributed by atoms with Crippen LogP contribution in [0.5, 0.6) is 0 Å². The first-order chi connectivity index (χ1) is 4.20. The number of rotatable bonds is 4. The Bertz CT molecular complexity index is 57.3. The van der Waals surface area contributed by atoms with Gasteiger partial charge in [-0.15, -0.1) is 0 Å². The molecule has 0 amide bonds. The third-order valence-corrected chi connectivity index (χ3v) is 1.22. The summed E-state index contributed by atoms with van der Waals surface area (Å²) >= 11 is 0. The first-order valence-electron chi connectivity index (χ1n) is 3.09. The summed E-state index contributed by atoms with van der Waals surface area (Å²) in [5, 5.41) is 17.7. The van der Waals surface area contributed by atoms with Gasteiger partial charge in [-0.3, -0.25) is 0 Å². The fourth-order valence-corrected chi connectivity index (χ4v) is 0.496. The van der Waals surface area contributed by atoms with Gasteiger partial charge in [-0.1, -0.05) is 6.92 Å². The lowest BCUT2D eigenvalue weighted by molar-refractivity contribution is -0.0978. The summed E-state index contributed by atoms with van der Waals surface area (Å²) in [5.74, 6) is 0. The van der Waals surface area contributed by atoms with Crippen LogP contribution < -0.4 is 0 Å². The van der Waals surface area contributed by atoms with Crippen molar-refractivity contribution in [2.24, 2.45) is 0 Å². The minimum absolute atomic E-state index is 0.299. The lowest BCUT2D eigenvalue weighted by atomic mass is 10.2. The minimum Gasteiger partial charge on any atom is -0.393 e. The Morgan fingerprint density at radius 1 is 1.44 bits per heavy atom. The van der Waals surface area contributed by atoms with Gasteiger partial charge in [0.05, 0.1) is 6.10 Å². The Morgan fingerprint density at radius 3 is 2.33 bits per heavy atom. The predicted molar refractivity (Wildman–Crippen MR) is 33.9 cm³/mol. The minimum atomic E-state index is -0.819. The monoisotopic (exact) mass is 134 g/mol. The molecule has 0 aliphatic rings. The highest BCUT2D eigenvalue weighted by atomic mass is 16.6. The molecule has 2 atom stereocenters. The normalized spacial score (nSPS) is 17.3. The van der Waals surface area contributed by atoms with Gasteiger partial charge in [0.25, 0.3) is 0 Å². The first-order valence-corrected chi connectivity index (χ1v) is 3.09. The standard InChI is InChI=1S/C6H14O3/c1-3-5(7)4-6(8)9-2/h5-8H,3-4H2,1-2H3. The van der Waals surface area contributed by atoms with Gasteiger partial charge < -0.3 is 14.9 Å². The van der Waals surface area contributed by atoms with Crippen molar-refractivity contribution < 1.29 is 14.9 Å². The summed E-state index contributed by atoms with van der Waals surface area (Å²) in [5.41, 5.74) is 0.